The molecule has 0 bridgehead atoms. The Morgan fingerprint density at radius 3 is 2.95 bits per heavy atom. The maximum Gasteiger partial charge on any atom is 0.257 e. The van der Waals surface area contributed by atoms with Crippen LogP contribution in [0.4, 0.5) is 5.69 Å². The number of amides is 1. The number of H-pyrrole nitrogens is 1. The molecule has 0 aliphatic carbocycles. The second-order valence-corrected chi connectivity index (χ2v) is 4.81. The molecule has 1 amide bonds. The van der Waals surface area contributed by atoms with Gasteiger partial charge in [0.05, 0.1) is 29.5 Å². The van der Waals surface area contributed by atoms with Crippen LogP contribution in [0.15, 0.2) is 42.7 Å². The van der Waals surface area contributed by atoms with Gasteiger partial charge in [-0.15, -0.1) is 0 Å². The number of carbonyl (C=O) groups is 1. The summed E-state index contributed by atoms with van der Waals surface area (Å²) >= 11 is 6.04. The number of ether oxygens (including phenoxy) is 1. The Balaban J connectivity index is 1.89. The molecule has 0 saturated carbocycles. The number of imidazole rings is 1. The number of anilines is 1. The molecule has 106 valence electrons. The van der Waals surface area contributed by atoms with Crippen LogP contribution in [0.2, 0.25) is 5.02 Å². The van der Waals surface area contributed by atoms with Crippen LogP contribution in [0.1, 0.15) is 10.4 Å². The largest absolute Gasteiger partial charge is 0.495 e. The molecule has 21 heavy (non-hydrogen) atoms. The third kappa shape index (κ3) is 2.55. The van der Waals surface area contributed by atoms with Gasteiger partial charge in [-0.1, -0.05) is 17.7 Å². The molecule has 0 aliphatic heterocycles. The SMILES string of the molecule is COc1ccc(NC(=O)c2cccc3[nH]cnc23)cc1Cl. The maximum absolute atomic E-state index is 12.4. The van der Waals surface area contributed by atoms with Gasteiger partial charge in [0.15, 0.2) is 0 Å². The highest BCUT2D eigenvalue weighted by Crippen LogP contribution is 2.27. The molecular weight excluding hydrogens is 290 g/mol. The van der Waals surface area contributed by atoms with Crippen molar-refractivity contribution in [2.24, 2.45) is 0 Å². The number of nitrogens with zero attached hydrogens (tertiary/aromatic N) is 1. The smallest absolute Gasteiger partial charge is 0.257 e. The standard InChI is InChI=1S/C15H12ClN3O2/c1-21-13-6-5-9(7-11(13)16)19-15(20)10-3-2-4-12-14(10)18-8-17-12/h2-8H,1H3,(H,17,18)(H,19,20). The summed E-state index contributed by atoms with van der Waals surface area (Å²) < 4.78 is 5.08. The summed E-state index contributed by atoms with van der Waals surface area (Å²) in [6.45, 7) is 0. The highest BCUT2D eigenvalue weighted by Gasteiger charge is 2.12. The molecule has 0 aliphatic rings. The minimum absolute atomic E-state index is 0.242. The van der Waals surface area contributed by atoms with E-state index < -0.39 is 0 Å². The number of hydrogen-bond acceptors (Lipinski definition) is 3. The van der Waals surface area contributed by atoms with Gasteiger partial charge >= 0.3 is 0 Å². The van der Waals surface area contributed by atoms with Crippen LogP contribution < -0.4 is 10.1 Å². The molecule has 6 heteroatoms. The van der Waals surface area contributed by atoms with Crippen LogP contribution in [-0.4, -0.2) is 23.0 Å². The minimum atomic E-state index is -0.242. The van der Waals surface area contributed by atoms with E-state index >= 15 is 0 Å². The Morgan fingerprint density at radius 1 is 1.33 bits per heavy atom. The fraction of sp³-hybridized carbons (Fsp3) is 0.0667. The van der Waals surface area contributed by atoms with Gasteiger partial charge in [0.25, 0.3) is 5.91 Å². The van der Waals surface area contributed by atoms with E-state index in [1.165, 1.54) is 7.11 Å². The average Bonchev–Trinajstić information content (AvgIpc) is 2.95. The van der Waals surface area contributed by atoms with Crippen molar-refractivity contribution in [2.45, 2.75) is 0 Å². The molecule has 0 saturated heterocycles. The lowest BCUT2D eigenvalue weighted by molar-refractivity contribution is 0.102. The number of aromatic nitrogens is 2. The van der Waals surface area contributed by atoms with Crippen LogP contribution >= 0.6 is 11.6 Å². The molecule has 3 rings (SSSR count). The number of benzene rings is 2. The minimum Gasteiger partial charge on any atom is -0.495 e. The van der Waals surface area contributed by atoms with Crippen molar-refractivity contribution in [3.63, 3.8) is 0 Å². The maximum atomic E-state index is 12.4. The first-order chi connectivity index (χ1) is 10.2. The van der Waals surface area contributed by atoms with Crippen molar-refractivity contribution in [2.75, 3.05) is 12.4 Å². The Morgan fingerprint density at radius 2 is 2.19 bits per heavy atom. The van der Waals surface area contributed by atoms with Gasteiger partial charge in [-0.2, -0.15) is 0 Å². The zero-order valence-corrected chi connectivity index (χ0v) is 11.9. The van der Waals surface area contributed by atoms with Crippen molar-refractivity contribution >= 4 is 34.2 Å². The lowest BCUT2D eigenvalue weighted by Crippen LogP contribution is -2.12. The molecule has 2 aromatic carbocycles. The zero-order valence-electron chi connectivity index (χ0n) is 11.2. The molecule has 1 heterocycles. The first-order valence-corrected chi connectivity index (χ1v) is 6.64. The first-order valence-electron chi connectivity index (χ1n) is 6.26. The predicted molar refractivity (Wildman–Crippen MR) is 82.1 cm³/mol. The Kier molecular flexibility index (Phi) is 3.50. The van der Waals surface area contributed by atoms with E-state index in [-0.39, 0.29) is 5.91 Å². The number of fused-ring (bicyclic) bond motifs is 1. The van der Waals surface area contributed by atoms with Crippen molar-refractivity contribution in [1.29, 1.82) is 0 Å². The Labute approximate surface area is 125 Å². The second kappa shape index (κ2) is 5.46. The number of methoxy groups -OCH3 is 1. The van der Waals surface area contributed by atoms with Crippen molar-refractivity contribution in [3.05, 3.63) is 53.3 Å². The quantitative estimate of drug-likeness (QED) is 0.778. The van der Waals surface area contributed by atoms with Gasteiger partial charge in [0.2, 0.25) is 0 Å². The lowest BCUT2D eigenvalue weighted by atomic mass is 10.1. The number of para-hydroxylation sites is 1. The van der Waals surface area contributed by atoms with Gasteiger partial charge in [-0.3, -0.25) is 4.79 Å². The van der Waals surface area contributed by atoms with Crippen LogP contribution in [0, 0.1) is 0 Å². The van der Waals surface area contributed by atoms with Gasteiger partial charge < -0.3 is 15.0 Å². The molecule has 0 atom stereocenters. The highest BCUT2D eigenvalue weighted by molar-refractivity contribution is 6.32. The van der Waals surface area contributed by atoms with Gasteiger partial charge in [0.1, 0.15) is 11.3 Å². The van der Waals surface area contributed by atoms with E-state index in [0.29, 0.717) is 27.5 Å². The molecule has 0 spiro atoms. The fourth-order valence-electron chi connectivity index (χ4n) is 2.09. The molecular formula is C15H12ClN3O2. The highest BCUT2D eigenvalue weighted by atomic mass is 35.5. The number of carbonyl (C=O) groups excluding carboxylic acids is 1. The van der Waals surface area contributed by atoms with Gasteiger partial charge in [0, 0.05) is 5.69 Å². The summed E-state index contributed by atoms with van der Waals surface area (Å²) in [4.78, 5) is 19.5. The zero-order chi connectivity index (χ0) is 14.8. The lowest BCUT2D eigenvalue weighted by Gasteiger charge is -2.08. The second-order valence-electron chi connectivity index (χ2n) is 4.41. The van der Waals surface area contributed by atoms with Gasteiger partial charge in [-0.05, 0) is 30.3 Å². The fourth-order valence-corrected chi connectivity index (χ4v) is 2.35. The van der Waals surface area contributed by atoms with Crippen molar-refractivity contribution in [3.8, 4) is 5.75 Å². The normalized spacial score (nSPS) is 10.6. The molecule has 3 aromatic rings. The summed E-state index contributed by atoms with van der Waals surface area (Å²) in [5.41, 5.74) is 2.55. The van der Waals surface area contributed by atoms with E-state index in [0.717, 1.165) is 5.52 Å². The molecule has 0 unspecified atom stereocenters. The first kappa shape index (κ1) is 13.5. The average molecular weight is 302 g/mol. The molecule has 0 fully saturated rings. The third-order valence-electron chi connectivity index (χ3n) is 3.10. The van der Waals surface area contributed by atoms with Crippen molar-refractivity contribution < 1.29 is 9.53 Å². The van der Waals surface area contributed by atoms with Crippen LogP contribution in [0.5, 0.6) is 5.75 Å². The summed E-state index contributed by atoms with van der Waals surface area (Å²) in [6.07, 6.45) is 1.56. The molecule has 0 radical (unpaired) electrons. The number of hydrogen-bond donors (Lipinski definition) is 2. The third-order valence-corrected chi connectivity index (χ3v) is 3.40. The van der Waals surface area contributed by atoms with Crippen LogP contribution in [0.3, 0.4) is 0 Å². The van der Waals surface area contributed by atoms with Crippen LogP contribution in [0.25, 0.3) is 11.0 Å². The summed E-state index contributed by atoms with van der Waals surface area (Å²) in [7, 11) is 1.54. The van der Waals surface area contributed by atoms with E-state index in [9.17, 15) is 4.79 Å². The van der Waals surface area contributed by atoms with Crippen LogP contribution in [-0.2, 0) is 0 Å². The number of rotatable bonds is 3. The summed E-state index contributed by atoms with van der Waals surface area (Å²) in [6, 6.07) is 10.5. The van der Waals surface area contributed by atoms with Gasteiger partial charge in [-0.25, -0.2) is 4.98 Å². The van der Waals surface area contributed by atoms with E-state index in [1.54, 1.807) is 36.7 Å². The number of aromatic amines is 1. The topological polar surface area (TPSA) is 67.0 Å². The van der Waals surface area contributed by atoms with E-state index in [4.69, 9.17) is 16.3 Å². The molecule has 5 nitrogen and oxygen atoms in total. The van der Waals surface area contributed by atoms with E-state index in [2.05, 4.69) is 15.3 Å². The molecule has 1 aromatic heterocycles. The number of halogens is 1. The van der Waals surface area contributed by atoms with Crippen molar-refractivity contribution in [1.82, 2.24) is 9.97 Å². The monoisotopic (exact) mass is 301 g/mol. The van der Waals surface area contributed by atoms with E-state index in [1.807, 2.05) is 6.07 Å². The Hall–Kier alpha value is -2.53. The summed E-state index contributed by atoms with van der Waals surface area (Å²) in [5, 5.41) is 3.24. The predicted octanol–water partition coefficient (Wildman–Crippen LogP) is 3.48. The molecule has 2 N–H and O–H groups in total. The summed E-state index contributed by atoms with van der Waals surface area (Å²) in [5.74, 6) is 0.318. The Bertz CT molecular complexity index is 814. The number of nitrogens with one attached hydrogen (secondary N) is 2.